The van der Waals surface area contributed by atoms with Gasteiger partial charge in [-0.2, -0.15) is 5.48 Å². The summed E-state index contributed by atoms with van der Waals surface area (Å²) in [6.07, 6.45) is 0. The molecule has 1 atom stereocenters. The van der Waals surface area contributed by atoms with Gasteiger partial charge in [0.05, 0.1) is 19.3 Å². The fraction of sp³-hybridized carbons (Fsp3) is 0.455. The number of hydroxylamine groups is 1. The Kier molecular flexibility index (Phi) is 6.09. The third-order valence-corrected chi connectivity index (χ3v) is 2.65. The standard InChI is InChI=1S/C11H15Cl2NO2/c1-8(14-16-6-5-15-2)10-7-9(12)3-4-11(10)13/h3-4,7-8,14H,5-6H2,1-2H3. The predicted octanol–water partition coefficient (Wildman–Crippen LogP) is 3.22. The van der Waals surface area contributed by atoms with Crippen molar-refractivity contribution in [3.63, 3.8) is 0 Å². The second-order valence-electron chi connectivity index (χ2n) is 3.35. The highest BCUT2D eigenvalue weighted by Crippen LogP contribution is 2.25. The molecule has 1 aromatic carbocycles. The largest absolute Gasteiger partial charge is 0.382 e. The number of rotatable bonds is 6. The van der Waals surface area contributed by atoms with Crippen LogP contribution in [0.25, 0.3) is 0 Å². The van der Waals surface area contributed by atoms with Crippen molar-refractivity contribution in [2.24, 2.45) is 0 Å². The van der Waals surface area contributed by atoms with Crippen LogP contribution in [0.2, 0.25) is 10.0 Å². The van der Waals surface area contributed by atoms with Crippen LogP contribution in [0, 0.1) is 0 Å². The van der Waals surface area contributed by atoms with E-state index in [1.54, 1.807) is 19.2 Å². The highest BCUT2D eigenvalue weighted by molar-refractivity contribution is 6.33. The molecule has 0 aliphatic carbocycles. The maximum Gasteiger partial charge on any atom is 0.0916 e. The summed E-state index contributed by atoms with van der Waals surface area (Å²) in [5, 5.41) is 1.32. The topological polar surface area (TPSA) is 30.5 Å². The van der Waals surface area contributed by atoms with Crippen molar-refractivity contribution >= 4 is 23.2 Å². The van der Waals surface area contributed by atoms with Crippen molar-refractivity contribution in [3.8, 4) is 0 Å². The van der Waals surface area contributed by atoms with E-state index >= 15 is 0 Å². The van der Waals surface area contributed by atoms with Crippen LogP contribution in [0.1, 0.15) is 18.5 Å². The summed E-state index contributed by atoms with van der Waals surface area (Å²) in [6, 6.07) is 5.32. The summed E-state index contributed by atoms with van der Waals surface area (Å²) in [4.78, 5) is 5.21. The summed E-state index contributed by atoms with van der Waals surface area (Å²) >= 11 is 11.9. The van der Waals surface area contributed by atoms with Crippen LogP contribution in [-0.2, 0) is 9.57 Å². The molecular weight excluding hydrogens is 249 g/mol. The van der Waals surface area contributed by atoms with E-state index in [-0.39, 0.29) is 6.04 Å². The lowest BCUT2D eigenvalue weighted by atomic mass is 10.1. The lowest BCUT2D eigenvalue weighted by Gasteiger charge is -2.15. The minimum absolute atomic E-state index is 0.0249. The van der Waals surface area contributed by atoms with Gasteiger partial charge in [-0.25, -0.2) is 0 Å². The van der Waals surface area contributed by atoms with E-state index in [1.165, 1.54) is 0 Å². The molecule has 0 saturated heterocycles. The number of hydrogen-bond donors (Lipinski definition) is 1. The van der Waals surface area contributed by atoms with Gasteiger partial charge in [-0.15, -0.1) is 0 Å². The Morgan fingerprint density at radius 3 is 2.75 bits per heavy atom. The summed E-state index contributed by atoms with van der Waals surface area (Å²) in [6.45, 7) is 2.98. The molecule has 0 fully saturated rings. The molecule has 3 nitrogen and oxygen atoms in total. The lowest BCUT2D eigenvalue weighted by Crippen LogP contribution is -2.21. The Bertz CT molecular complexity index is 334. The van der Waals surface area contributed by atoms with Gasteiger partial charge in [0.1, 0.15) is 0 Å². The number of methoxy groups -OCH3 is 1. The van der Waals surface area contributed by atoms with Gasteiger partial charge in [0.25, 0.3) is 0 Å². The molecule has 5 heteroatoms. The number of benzene rings is 1. The van der Waals surface area contributed by atoms with E-state index in [4.69, 9.17) is 32.8 Å². The highest BCUT2D eigenvalue weighted by atomic mass is 35.5. The molecule has 0 aliphatic heterocycles. The van der Waals surface area contributed by atoms with Gasteiger partial charge < -0.3 is 4.74 Å². The van der Waals surface area contributed by atoms with Crippen LogP contribution in [0.15, 0.2) is 18.2 Å². The van der Waals surface area contributed by atoms with Crippen LogP contribution in [0.3, 0.4) is 0 Å². The second kappa shape index (κ2) is 7.09. The lowest BCUT2D eigenvalue weighted by molar-refractivity contribution is -0.00923. The minimum atomic E-state index is -0.0249. The van der Waals surface area contributed by atoms with Gasteiger partial charge in [-0.1, -0.05) is 23.2 Å². The van der Waals surface area contributed by atoms with Crippen molar-refractivity contribution in [1.29, 1.82) is 0 Å². The molecular formula is C11H15Cl2NO2. The van der Waals surface area contributed by atoms with Gasteiger partial charge in [0.2, 0.25) is 0 Å². The van der Waals surface area contributed by atoms with Gasteiger partial charge in [-0.3, -0.25) is 4.84 Å². The molecule has 1 N–H and O–H groups in total. The number of halogens is 2. The first-order valence-electron chi connectivity index (χ1n) is 4.96. The Labute approximate surface area is 106 Å². The fourth-order valence-corrected chi connectivity index (χ4v) is 1.68. The molecule has 1 aromatic rings. The zero-order valence-corrected chi connectivity index (χ0v) is 10.8. The van der Waals surface area contributed by atoms with Crippen LogP contribution < -0.4 is 5.48 Å². The van der Waals surface area contributed by atoms with Crippen molar-refractivity contribution in [3.05, 3.63) is 33.8 Å². The molecule has 0 amide bonds. The normalized spacial score (nSPS) is 12.8. The number of ether oxygens (including phenoxy) is 1. The SMILES string of the molecule is COCCONC(C)c1cc(Cl)ccc1Cl. The van der Waals surface area contributed by atoms with Crippen molar-refractivity contribution in [2.75, 3.05) is 20.3 Å². The van der Waals surface area contributed by atoms with E-state index in [0.717, 1.165) is 5.56 Å². The number of nitrogens with one attached hydrogen (secondary N) is 1. The van der Waals surface area contributed by atoms with E-state index in [2.05, 4.69) is 5.48 Å². The maximum absolute atomic E-state index is 6.05. The molecule has 16 heavy (non-hydrogen) atoms. The van der Waals surface area contributed by atoms with Gasteiger partial charge in [-0.05, 0) is 30.7 Å². The van der Waals surface area contributed by atoms with Crippen LogP contribution in [-0.4, -0.2) is 20.3 Å². The average molecular weight is 264 g/mol. The molecule has 0 bridgehead atoms. The van der Waals surface area contributed by atoms with E-state index in [1.807, 2.05) is 13.0 Å². The molecule has 0 saturated carbocycles. The minimum Gasteiger partial charge on any atom is -0.382 e. The predicted molar refractivity (Wildman–Crippen MR) is 65.8 cm³/mol. The van der Waals surface area contributed by atoms with E-state index in [0.29, 0.717) is 23.3 Å². The zero-order valence-electron chi connectivity index (χ0n) is 9.30. The first-order chi connectivity index (χ1) is 7.65. The molecule has 0 aliphatic rings. The summed E-state index contributed by atoms with van der Waals surface area (Å²) < 4.78 is 4.86. The van der Waals surface area contributed by atoms with Crippen molar-refractivity contribution < 1.29 is 9.57 Å². The monoisotopic (exact) mass is 263 g/mol. The average Bonchev–Trinajstić information content (AvgIpc) is 2.27. The zero-order chi connectivity index (χ0) is 12.0. The number of hydrogen-bond acceptors (Lipinski definition) is 3. The third-order valence-electron chi connectivity index (χ3n) is 2.07. The smallest absolute Gasteiger partial charge is 0.0916 e. The Hall–Kier alpha value is -0.320. The first kappa shape index (κ1) is 13.7. The first-order valence-corrected chi connectivity index (χ1v) is 5.72. The van der Waals surface area contributed by atoms with Gasteiger partial charge in [0, 0.05) is 17.2 Å². The Balaban J connectivity index is 2.51. The summed E-state index contributed by atoms with van der Waals surface area (Å²) in [5.74, 6) is 0. The molecule has 1 unspecified atom stereocenters. The molecule has 0 heterocycles. The van der Waals surface area contributed by atoms with Gasteiger partial charge >= 0.3 is 0 Å². The van der Waals surface area contributed by atoms with Gasteiger partial charge in [0.15, 0.2) is 0 Å². The van der Waals surface area contributed by atoms with Crippen LogP contribution >= 0.6 is 23.2 Å². The molecule has 0 aromatic heterocycles. The maximum atomic E-state index is 6.05. The van der Waals surface area contributed by atoms with Crippen molar-refractivity contribution in [1.82, 2.24) is 5.48 Å². The highest BCUT2D eigenvalue weighted by Gasteiger charge is 2.09. The molecule has 1 rings (SSSR count). The summed E-state index contributed by atoms with van der Waals surface area (Å²) in [5.41, 5.74) is 3.79. The van der Waals surface area contributed by atoms with E-state index < -0.39 is 0 Å². The summed E-state index contributed by atoms with van der Waals surface area (Å²) in [7, 11) is 1.63. The van der Waals surface area contributed by atoms with E-state index in [9.17, 15) is 0 Å². The quantitative estimate of drug-likeness (QED) is 0.632. The molecule has 0 radical (unpaired) electrons. The van der Waals surface area contributed by atoms with Crippen molar-refractivity contribution in [2.45, 2.75) is 13.0 Å². The van der Waals surface area contributed by atoms with Crippen LogP contribution in [0.5, 0.6) is 0 Å². The second-order valence-corrected chi connectivity index (χ2v) is 4.19. The molecule has 90 valence electrons. The van der Waals surface area contributed by atoms with Crippen LogP contribution in [0.4, 0.5) is 0 Å². The third kappa shape index (κ3) is 4.28. The Morgan fingerprint density at radius 2 is 2.06 bits per heavy atom. The fourth-order valence-electron chi connectivity index (χ4n) is 1.22. The Morgan fingerprint density at radius 1 is 1.31 bits per heavy atom. The molecule has 0 spiro atoms.